The molecular weight excluding hydrogens is 218 g/mol. The Balaban J connectivity index is 1.92. The molecule has 2 aromatic rings. The maximum atomic E-state index is 4.51. The van der Waals surface area contributed by atoms with Crippen molar-refractivity contribution in [3.8, 4) is 11.3 Å². The predicted octanol–water partition coefficient (Wildman–Crippen LogP) is 4.71. The zero-order chi connectivity index (χ0) is 12.4. The minimum Gasteiger partial charge on any atom is -0.256 e. The van der Waals surface area contributed by atoms with Crippen molar-refractivity contribution in [3.63, 3.8) is 0 Å². The molecule has 1 nitrogen and oxygen atoms in total. The zero-order valence-corrected chi connectivity index (χ0v) is 10.9. The predicted molar refractivity (Wildman–Crippen MR) is 75.6 cm³/mol. The summed E-state index contributed by atoms with van der Waals surface area (Å²) < 4.78 is 0. The van der Waals surface area contributed by atoms with Gasteiger partial charge in [-0.1, -0.05) is 42.7 Å². The number of rotatable bonds is 2. The fourth-order valence-electron chi connectivity index (χ4n) is 2.84. The topological polar surface area (TPSA) is 12.9 Å². The van der Waals surface area contributed by atoms with Gasteiger partial charge in [-0.25, -0.2) is 0 Å². The third-order valence-electron chi connectivity index (χ3n) is 3.96. The third kappa shape index (κ3) is 2.31. The van der Waals surface area contributed by atoms with Crippen LogP contribution in [-0.2, 0) is 0 Å². The molecule has 0 amide bonds. The van der Waals surface area contributed by atoms with Crippen molar-refractivity contribution >= 4 is 0 Å². The maximum Gasteiger partial charge on any atom is 0.0704 e. The summed E-state index contributed by atoms with van der Waals surface area (Å²) in [5.74, 6) is 0.761. The van der Waals surface area contributed by atoms with E-state index in [1.165, 1.54) is 42.4 Å². The number of pyridine rings is 1. The Hall–Kier alpha value is -1.63. The largest absolute Gasteiger partial charge is 0.256 e. The van der Waals surface area contributed by atoms with E-state index in [1.807, 2.05) is 6.20 Å². The summed E-state index contributed by atoms with van der Waals surface area (Å²) in [5, 5.41) is 0. The summed E-state index contributed by atoms with van der Waals surface area (Å²) in [4.78, 5) is 4.51. The van der Waals surface area contributed by atoms with E-state index in [2.05, 4.69) is 48.3 Å². The monoisotopic (exact) mass is 237 g/mol. The van der Waals surface area contributed by atoms with Crippen LogP contribution in [0.1, 0.15) is 42.7 Å². The zero-order valence-electron chi connectivity index (χ0n) is 10.9. The van der Waals surface area contributed by atoms with E-state index < -0.39 is 0 Å². The Kier molecular flexibility index (Phi) is 3.14. The molecule has 1 saturated carbocycles. The van der Waals surface area contributed by atoms with Gasteiger partial charge in [-0.3, -0.25) is 4.98 Å². The van der Waals surface area contributed by atoms with E-state index in [0.717, 1.165) is 11.6 Å². The molecule has 1 aromatic heterocycles. The van der Waals surface area contributed by atoms with E-state index in [-0.39, 0.29) is 0 Å². The van der Waals surface area contributed by atoms with Crippen LogP contribution in [0.5, 0.6) is 0 Å². The number of benzene rings is 1. The molecule has 0 radical (unpaired) electrons. The summed E-state index contributed by atoms with van der Waals surface area (Å²) in [6.45, 7) is 2.12. The molecule has 1 fully saturated rings. The minimum absolute atomic E-state index is 0.761. The molecule has 0 saturated heterocycles. The van der Waals surface area contributed by atoms with Crippen molar-refractivity contribution < 1.29 is 0 Å². The van der Waals surface area contributed by atoms with Gasteiger partial charge in [-0.15, -0.1) is 0 Å². The summed E-state index contributed by atoms with van der Waals surface area (Å²) in [6, 6.07) is 13.1. The van der Waals surface area contributed by atoms with Crippen molar-refractivity contribution in [2.24, 2.45) is 0 Å². The molecular formula is C17H19N. The van der Waals surface area contributed by atoms with Crippen LogP contribution in [0.4, 0.5) is 0 Å². The third-order valence-corrected chi connectivity index (χ3v) is 3.96. The van der Waals surface area contributed by atoms with E-state index in [9.17, 15) is 0 Å². The van der Waals surface area contributed by atoms with Gasteiger partial charge in [-0.05, 0) is 43.4 Å². The van der Waals surface area contributed by atoms with Crippen LogP contribution in [0, 0.1) is 6.92 Å². The SMILES string of the molecule is Cc1ccc(-c2cc(C3CCCC3)ccn2)cc1. The lowest BCUT2D eigenvalue weighted by molar-refractivity contribution is 0.722. The van der Waals surface area contributed by atoms with Crippen LogP contribution in [0.15, 0.2) is 42.6 Å². The van der Waals surface area contributed by atoms with Crippen LogP contribution in [0.25, 0.3) is 11.3 Å². The molecule has 1 aliphatic rings. The molecule has 1 aliphatic carbocycles. The lowest BCUT2D eigenvalue weighted by atomic mass is 9.97. The van der Waals surface area contributed by atoms with Crippen molar-refractivity contribution in [2.45, 2.75) is 38.5 Å². The number of aromatic nitrogens is 1. The lowest BCUT2D eigenvalue weighted by Gasteiger charge is -2.10. The van der Waals surface area contributed by atoms with E-state index in [1.54, 1.807) is 0 Å². The second-order valence-corrected chi connectivity index (χ2v) is 5.32. The van der Waals surface area contributed by atoms with Gasteiger partial charge in [0.15, 0.2) is 0 Å². The fourth-order valence-corrected chi connectivity index (χ4v) is 2.84. The van der Waals surface area contributed by atoms with Gasteiger partial charge in [0.05, 0.1) is 5.69 Å². The molecule has 1 heterocycles. The van der Waals surface area contributed by atoms with Gasteiger partial charge in [0.2, 0.25) is 0 Å². The van der Waals surface area contributed by atoms with E-state index in [0.29, 0.717) is 0 Å². The van der Waals surface area contributed by atoms with Crippen molar-refractivity contribution in [1.29, 1.82) is 0 Å². The van der Waals surface area contributed by atoms with Gasteiger partial charge >= 0.3 is 0 Å². The second-order valence-electron chi connectivity index (χ2n) is 5.32. The van der Waals surface area contributed by atoms with Gasteiger partial charge < -0.3 is 0 Å². The molecule has 0 N–H and O–H groups in total. The number of aryl methyl sites for hydroxylation is 1. The first-order valence-corrected chi connectivity index (χ1v) is 6.86. The van der Waals surface area contributed by atoms with Crippen LogP contribution in [0.3, 0.4) is 0 Å². The first-order valence-electron chi connectivity index (χ1n) is 6.86. The minimum atomic E-state index is 0.761. The summed E-state index contributed by atoms with van der Waals surface area (Å²) >= 11 is 0. The Morgan fingerprint density at radius 2 is 1.72 bits per heavy atom. The van der Waals surface area contributed by atoms with Crippen LogP contribution >= 0.6 is 0 Å². The molecule has 1 heteroatoms. The first-order chi connectivity index (χ1) is 8.83. The standard InChI is InChI=1S/C17H19N/c1-13-6-8-15(9-7-13)17-12-16(10-11-18-17)14-4-2-3-5-14/h6-12,14H,2-5H2,1H3. The van der Waals surface area contributed by atoms with E-state index >= 15 is 0 Å². The first kappa shape index (κ1) is 11.5. The highest BCUT2D eigenvalue weighted by molar-refractivity contribution is 5.60. The van der Waals surface area contributed by atoms with E-state index in [4.69, 9.17) is 0 Å². The Morgan fingerprint density at radius 1 is 1.00 bits per heavy atom. The fraction of sp³-hybridized carbons (Fsp3) is 0.353. The van der Waals surface area contributed by atoms with Gasteiger partial charge in [-0.2, -0.15) is 0 Å². The Labute approximate surface area is 109 Å². The highest BCUT2D eigenvalue weighted by Gasteiger charge is 2.17. The number of hydrogen-bond acceptors (Lipinski definition) is 1. The van der Waals surface area contributed by atoms with Gasteiger partial charge in [0, 0.05) is 11.8 Å². The van der Waals surface area contributed by atoms with Gasteiger partial charge in [0.25, 0.3) is 0 Å². The maximum absolute atomic E-state index is 4.51. The molecule has 0 bridgehead atoms. The smallest absolute Gasteiger partial charge is 0.0704 e. The van der Waals surface area contributed by atoms with Gasteiger partial charge in [0.1, 0.15) is 0 Å². The second kappa shape index (κ2) is 4.93. The van der Waals surface area contributed by atoms with Crippen LogP contribution in [-0.4, -0.2) is 4.98 Å². The number of hydrogen-bond donors (Lipinski definition) is 0. The summed E-state index contributed by atoms with van der Waals surface area (Å²) in [6.07, 6.45) is 7.41. The molecule has 0 aliphatic heterocycles. The highest BCUT2D eigenvalue weighted by Crippen LogP contribution is 2.35. The average Bonchev–Trinajstić information content (AvgIpc) is 2.94. The molecule has 18 heavy (non-hydrogen) atoms. The molecule has 92 valence electrons. The van der Waals surface area contributed by atoms with Crippen molar-refractivity contribution in [3.05, 3.63) is 53.7 Å². The number of nitrogens with zero attached hydrogens (tertiary/aromatic N) is 1. The molecule has 3 rings (SSSR count). The molecule has 1 aromatic carbocycles. The molecule has 0 spiro atoms. The molecule has 0 unspecified atom stereocenters. The average molecular weight is 237 g/mol. The Bertz CT molecular complexity index is 522. The van der Waals surface area contributed by atoms with Crippen LogP contribution in [0.2, 0.25) is 0 Å². The summed E-state index contributed by atoms with van der Waals surface area (Å²) in [5.41, 5.74) is 5.10. The quantitative estimate of drug-likeness (QED) is 0.736. The molecule has 0 atom stereocenters. The lowest BCUT2D eigenvalue weighted by Crippen LogP contribution is -1.94. The van der Waals surface area contributed by atoms with Crippen molar-refractivity contribution in [1.82, 2.24) is 4.98 Å². The van der Waals surface area contributed by atoms with Crippen molar-refractivity contribution in [2.75, 3.05) is 0 Å². The summed E-state index contributed by atoms with van der Waals surface area (Å²) in [7, 11) is 0. The highest BCUT2D eigenvalue weighted by atomic mass is 14.7. The van der Waals surface area contributed by atoms with Crippen LogP contribution < -0.4 is 0 Å². The normalized spacial score (nSPS) is 16.1. The Morgan fingerprint density at radius 3 is 2.44 bits per heavy atom.